The van der Waals surface area contributed by atoms with E-state index in [0.717, 1.165) is 11.1 Å². The van der Waals surface area contributed by atoms with Crippen molar-refractivity contribution in [3.63, 3.8) is 0 Å². The number of hydrogen-bond acceptors (Lipinski definition) is 2. The van der Waals surface area contributed by atoms with Crippen LogP contribution in [0.25, 0.3) is 0 Å². The minimum atomic E-state index is -0.589. The third kappa shape index (κ3) is 4.40. The van der Waals surface area contributed by atoms with Crippen molar-refractivity contribution in [3.05, 3.63) is 57.6 Å². The van der Waals surface area contributed by atoms with E-state index >= 15 is 0 Å². The van der Waals surface area contributed by atoms with Gasteiger partial charge in [0.2, 0.25) is 0 Å². The number of nitrogens with one attached hydrogen (secondary N) is 1. The Labute approximate surface area is 146 Å². The van der Waals surface area contributed by atoms with E-state index in [9.17, 15) is 4.79 Å². The van der Waals surface area contributed by atoms with Crippen LogP contribution in [0.3, 0.4) is 0 Å². The van der Waals surface area contributed by atoms with Gasteiger partial charge in [-0.15, -0.1) is 0 Å². The summed E-state index contributed by atoms with van der Waals surface area (Å²) in [4.78, 5) is 12.5. The standard InChI is InChI=1S/C18H19Cl2NO2/c1-4-17(23-13-8-9-14(19)11(2)10-13)18(22)21-16-7-5-6-15(20)12(16)3/h5-10,17H,4H2,1-3H3,(H,21,22)/t17-/m1/s1. The molecule has 0 fully saturated rings. The summed E-state index contributed by atoms with van der Waals surface area (Å²) in [6.45, 7) is 5.66. The van der Waals surface area contributed by atoms with Gasteiger partial charge in [-0.1, -0.05) is 36.2 Å². The second-order valence-corrected chi connectivity index (χ2v) is 6.14. The highest BCUT2D eigenvalue weighted by atomic mass is 35.5. The number of aryl methyl sites for hydroxylation is 1. The summed E-state index contributed by atoms with van der Waals surface area (Å²) in [7, 11) is 0. The fourth-order valence-corrected chi connectivity index (χ4v) is 2.43. The molecule has 0 spiro atoms. The molecule has 0 saturated heterocycles. The van der Waals surface area contributed by atoms with E-state index in [4.69, 9.17) is 27.9 Å². The molecule has 23 heavy (non-hydrogen) atoms. The molecule has 5 heteroatoms. The van der Waals surface area contributed by atoms with Crippen molar-refractivity contribution in [2.24, 2.45) is 0 Å². The lowest BCUT2D eigenvalue weighted by Crippen LogP contribution is -2.32. The van der Waals surface area contributed by atoms with E-state index in [2.05, 4.69) is 5.32 Å². The molecule has 122 valence electrons. The highest BCUT2D eigenvalue weighted by molar-refractivity contribution is 6.32. The number of benzene rings is 2. The molecule has 0 heterocycles. The summed E-state index contributed by atoms with van der Waals surface area (Å²) in [5.74, 6) is 0.419. The number of ether oxygens (including phenoxy) is 1. The number of hydrogen-bond donors (Lipinski definition) is 1. The van der Waals surface area contributed by atoms with Crippen LogP contribution in [0.2, 0.25) is 10.0 Å². The number of carbonyl (C=O) groups is 1. The first-order chi connectivity index (χ1) is 10.9. The van der Waals surface area contributed by atoms with Gasteiger partial charge >= 0.3 is 0 Å². The monoisotopic (exact) mass is 351 g/mol. The normalized spacial score (nSPS) is 11.9. The third-order valence-corrected chi connectivity index (χ3v) is 4.43. The quantitative estimate of drug-likeness (QED) is 0.782. The summed E-state index contributed by atoms with van der Waals surface area (Å²) >= 11 is 12.1. The van der Waals surface area contributed by atoms with E-state index < -0.39 is 6.10 Å². The Morgan fingerprint density at radius 2 is 1.91 bits per heavy atom. The molecular weight excluding hydrogens is 333 g/mol. The van der Waals surface area contributed by atoms with E-state index in [1.165, 1.54) is 0 Å². The van der Waals surface area contributed by atoms with Gasteiger partial charge in [0.05, 0.1) is 0 Å². The van der Waals surface area contributed by atoms with E-state index in [-0.39, 0.29) is 5.91 Å². The molecule has 0 aliphatic carbocycles. The molecule has 1 amide bonds. The average molecular weight is 352 g/mol. The predicted octanol–water partition coefficient (Wildman–Crippen LogP) is 5.41. The number of anilines is 1. The molecule has 0 aliphatic rings. The fourth-order valence-electron chi connectivity index (χ4n) is 2.13. The van der Waals surface area contributed by atoms with Crippen LogP contribution in [0.5, 0.6) is 5.75 Å². The third-order valence-electron chi connectivity index (χ3n) is 3.60. The van der Waals surface area contributed by atoms with Crippen molar-refractivity contribution in [3.8, 4) is 5.75 Å². The van der Waals surface area contributed by atoms with Crippen LogP contribution in [0.4, 0.5) is 5.69 Å². The first-order valence-electron chi connectivity index (χ1n) is 7.41. The largest absolute Gasteiger partial charge is 0.481 e. The minimum absolute atomic E-state index is 0.203. The Balaban J connectivity index is 2.12. The zero-order chi connectivity index (χ0) is 17.0. The molecule has 0 aliphatic heterocycles. The molecule has 2 aromatic carbocycles. The van der Waals surface area contributed by atoms with Crippen LogP contribution >= 0.6 is 23.2 Å². The number of halogens is 2. The van der Waals surface area contributed by atoms with Crippen molar-refractivity contribution < 1.29 is 9.53 Å². The van der Waals surface area contributed by atoms with E-state index in [1.54, 1.807) is 24.3 Å². The van der Waals surface area contributed by atoms with E-state index in [1.807, 2.05) is 32.9 Å². The first kappa shape index (κ1) is 17.6. The van der Waals surface area contributed by atoms with Crippen LogP contribution in [-0.2, 0) is 4.79 Å². The maximum atomic E-state index is 12.5. The molecule has 1 atom stereocenters. The lowest BCUT2D eigenvalue weighted by Gasteiger charge is -2.18. The van der Waals surface area contributed by atoms with Gasteiger partial charge in [-0.25, -0.2) is 0 Å². The molecule has 0 aromatic heterocycles. The van der Waals surface area contributed by atoms with Crippen LogP contribution < -0.4 is 10.1 Å². The highest BCUT2D eigenvalue weighted by Gasteiger charge is 2.19. The summed E-state index contributed by atoms with van der Waals surface area (Å²) < 4.78 is 5.80. The van der Waals surface area contributed by atoms with Crippen LogP contribution in [-0.4, -0.2) is 12.0 Å². The molecule has 2 aromatic rings. The molecular formula is C18H19Cl2NO2. The predicted molar refractivity (Wildman–Crippen MR) is 95.7 cm³/mol. The Kier molecular flexibility index (Phi) is 5.91. The second-order valence-electron chi connectivity index (χ2n) is 5.33. The maximum Gasteiger partial charge on any atom is 0.265 e. The summed E-state index contributed by atoms with van der Waals surface area (Å²) in [5, 5.41) is 4.16. The average Bonchev–Trinajstić information content (AvgIpc) is 2.52. The van der Waals surface area contributed by atoms with E-state index in [0.29, 0.717) is 27.9 Å². The Hall–Kier alpha value is -1.71. The van der Waals surface area contributed by atoms with Gasteiger partial charge < -0.3 is 10.1 Å². The zero-order valence-corrected chi connectivity index (χ0v) is 14.8. The van der Waals surface area contributed by atoms with Gasteiger partial charge in [0.15, 0.2) is 6.10 Å². The Morgan fingerprint density at radius 1 is 1.17 bits per heavy atom. The Bertz CT molecular complexity index is 716. The molecule has 0 saturated carbocycles. The highest BCUT2D eigenvalue weighted by Crippen LogP contribution is 2.25. The first-order valence-corrected chi connectivity index (χ1v) is 8.16. The lowest BCUT2D eigenvalue weighted by atomic mass is 10.1. The molecule has 0 unspecified atom stereocenters. The molecule has 0 radical (unpaired) electrons. The van der Waals surface area contributed by atoms with Crippen molar-refractivity contribution in [2.75, 3.05) is 5.32 Å². The van der Waals surface area contributed by atoms with Crippen LogP contribution in [0, 0.1) is 13.8 Å². The second kappa shape index (κ2) is 7.71. The van der Waals surface area contributed by atoms with Gasteiger partial charge in [0, 0.05) is 15.7 Å². The summed E-state index contributed by atoms with van der Waals surface area (Å²) in [6, 6.07) is 10.8. The Morgan fingerprint density at radius 3 is 2.57 bits per heavy atom. The van der Waals surface area contributed by atoms with Crippen LogP contribution in [0.1, 0.15) is 24.5 Å². The summed E-state index contributed by atoms with van der Waals surface area (Å²) in [6.07, 6.45) is -0.0402. The minimum Gasteiger partial charge on any atom is -0.481 e. The van der Waals surface area contributed by atoms with Gasteiger partial charge in [-0.05, 0) is 61.7 Å². The van der Waals surface area contributed by atoms with Crippen molar-refractivity contribution in [1.29, 1.82) is 0 Å². The molecule has 1 N–H and O–H groups in total. The molecule has 3 nitrogen and oxygen atoms in total. The topological polar surface area (TPSA) is 38.3 Å². The number of amides is 1. The van der Waals surface area contributed by atoms with Crippen molar-refractivity contribution in [1.82, 2.24) is 0 Å². The zero-order valence-electron chi connectivity index (χ0n) is 13.3. The smallest absolute Gasteiger partial charge is 0.265 e. The number of rotatable bonds is 5. The SMILES string of the molecule is CC[C@@H](Oc1ccc(Cl)c(C)c1)C(=O)Nc1cccc(Cl)c1C. The molecule has 0 bridgehead atoms. The summed E-state index contributed by atoms with van der Waals surface area (Å²) in [5.41, 5.74) is 2.43. The van der Waals surface area contributed by atoms with Gasteiger partial charge in [-0.3, -0.25) is 4.79 Å². The lowest BCUT2D eigenvalue weighted by molar-refractivity contribution is -0.122. The van der Waals surface area contributed by atoms with Crippen molar-refractivity contribution >= 4 is 34.8 Å². The maximum absolute atomic E-state index is 12.5. The van der Waals surface area contributed by atoms with Crippen molar-refractivity contribution in [2.45, 2.75) is 33.3 Å². The number of carbonyl (C=O) groups excluding carboxylic acids is 1. The van der Waals surface area contributed by atoms with Crippen LogP contribution in [0.15, 0.2) is 36.4 Å². The fraction of sp³-hybridized carbons (Fsp3) is 0.278. The van der Waals surface area contributed by atoms with Gasteiger partial charge in [0.25, 0.3) is 5.91 Å². The molecule has 2 rings (SSSR count). The van der Waals surface area contributed by atoms with Gasteiger partial charge in [0.1, 0.15) is 5.75 Å². The van der Waals surface area contributed by atoms with Gasteiger partial charge in [-0.2, -0.15) is 0 Å².